The van der Waals surface area contributed by atoms with Gasteiger partial charge in [0.25, 0.3) is 0 Å². The van der Waals surface area contributed by atoms with Gasteiger partial charge < -0.3 is 4.74 Å². The molecular formula is C13H15FN2O4S. The van der Waals surface area contributed by atoms with Crippen LogP contribution in [0.4, 0.5) is 4.39 Å². The maximum Gasteiger partial charge on any atom is 0.305 e. The standard InChI is InChI=1S/C13H15FN2O4S/c1-16(7-3-4-13(17)20-2)21(18,19)11-5-6-12(14)10(8-11)9-15/h5-6,8H,3-4,7H2,1-2H3. The molecule has 8 heteroatoms. The first kappa shape index (κ1) is 17.1. The molecule has 0 amide bonds. The van der Waals surface area contributed by atoms with E-state index in [-0.39, 0.29) is 23.4 Å². The fraction of sp³-hybridized carbons (Fsp3) is 0.385. The van der Waals surface area contributed by atoms with E-state index in [9.17, 15) is 17.6 Å². The minimum Gasteiger partial charge on any atom is -0.469 e. The number of rotatable bonds is 6. The lowest BCUT2D eigenvalue weighted by Crippen LogP contribution is -2.28. The second kappa shape index (κ2) is 7.15. The van der Waals surface area contributed by atoms with Crippen molar-refractivity contribution < 1.29 is 22.3 Å². The van der Waals surface area contributed by atoms with Gasteiger partial charge >= 0.3 is 5.97 Å². The summed E-state index contributed by atoms with van der Waals surface area (Å²) in [5, 5.41) is 8.73. The van der Waals surface area contributed by atoms with Crippen LogP contribution in [0.1, 0.15) is 18.4 Å². The number of carbonyl (C=O) groups is 1. The van der Waals surface area contributed by atoms with E-state index in [0.717, 1.165) is 22.5 Å². The molecule has 0 bridgehead atoms. The monoisotopic (exact) mass is 314 g/mol. The molecule has 0 radical (unpaired) electrons. The lowest BCUT2D eigenvalue weighted by Gasteiger charge is -2.17. The van der Waals surface area contributed by atoms with E-state index in [1.807, 2.05) is 0 Å². The number of hydrogen-bond acceptors (Lipinski definition) is 5. The van der Waals surface area contributed by atoms with Crippen molar-refractivity contribution in [3.63, 3.8) is 0 Å². The minimum atomic E-state index is -3.83. The van der Waals surface area contributed by atoms with Crippen molar-refractivity contribution in [1.82, 2.24) is 4.31 Å². The van der Waals surface area contributed by atoms with Gasteiger partial charge in [0.15, 0.2) is 0 Å². The zero-order valence-electron chi connectivity index (χ0n) is 11.7. The Kier molecular flexibility index (Phi) is 5.81. The third-order valence-corrected chi connectivity index (χ3v) is 4.70. The molecule has 0 aliphatic heterocycles. The van der Waals surface area contributed by atoms with Crippen molar-refractivity contribution >= 4 is 16.0 Å². The molecule has 0 aliphatic carbocycles. The second-order valence-corrected chi connectivity index (χ2v) is 6.30. The summed E-state index contributed by atoms with van der Waals surface area (Å²) in [6, 6.07) is 4.62. The minimum absolute atomic E-state index is 0.100. The van der Waals surface area contributed by atoms with Crippen molar-refractivity contribution in [3.05, 3.63) is 29.6 Å². The smallest absolute Gasteiger partial charge is 0.305 e. The van der Waals surface area contributed by atoms with Crippen LogP contribution < -0.4 is 0 Å². The van der Waals surface area contributed by atoms with Crippen LogP contribution in [-0.2, 0) is 19.6 Å². The van der Waals surface area contributed by atoms with E-state index in [2.05, 4.69) is 4.74 Å². The Balaban J connectivity index is 2.85. The van der Waals surface area contributed by atoms with E-state index >= 15 is 0 Å². The molecule has 114 valence electrons. The molecule has 0 atom stereocenters. The molecule has 0 fully saturated rings. The van der Waals surface area contributed by atoms with Crippen molar-refractivity contribution in [2.75, 3.05) is 20.7 Å². The number of ether oxygens (including phenoxy) is 1. The van der Waals surface area contributed by atoms with E-state index in [4.69, 9.17) is 5.26 Å². The van der Waals surface area contributed by atoms with Crippen LogP contribution in [-0.4, -0.2) is 39.4 Å². The molecule has 0 unspecified atom stereocenters. The molecule has 1 aromatic carbocycles. The Morgan fingerprint density at radius 1 is 1.48 bits per heavy atom. The van der Waals surface area contributed by atoms with Crippen LogP contribution in [0, 0.1) is 17.1 Å². The molecular weight excluding hydrogens is 299 g/mol. The molecule has 1 rings (SSSR count). The van der Waals surface area contributed by atoms with Crippen molar-refractivity contribution in [1.29, 1.82) is 5.26 Å². The van der Waals surface area contributed by atoms with Gasteiger partial charge in [0.05, 0.1) is 17.6 Å². The van der Waals surface area contributed by atoms with Gasteiger partial charge in [-0.1, -0.05) is 0 Å². The first-order chi connectivity index (χ1) is 9.82. The number of hydrogen-bond donors (Lipinski definition) is 0. The molecule has 0 N–H and O–H groups in total. The average molecular weight is 314 g/mol. The number of sulfonamides is 1. The highest BCUT2D eigenvalue weighted by molar-refractivity contribution is 7.89. The summed E-state index contributed by atoms with van der Waals surface area (Å²) in [7, 11) is -1.23. The number of halogens is 1. The lowest BCUT2D eigenvalue weighted by molar-refractivity contribution is -0.140. The first-order valence-corrected chi connectivity index (χ1v) is 7.49. The average Bonchev–Trinajstić information content (AvgIpc) is 2.46. The van der Waals surface area contributed by atoms with Crippen LogP contribution in [0.3, 0.4) is 0 Å². The SMILES string of the molecule is COC(=O)CCCN(C)S(=O)(=O)c1ccc(F)c(C#N)c1. The van der Waals surface area contributed by atoms with Crippen molar-refractivity contribution in [3.8, 4) is 6.07 Å². The van der Waals surface area contributed by atoms with Gasteiger partial charge in [-0.25, -0.2) is 17.1 Å². The number of esters is 1. The van der Waals surface area contributed by atoms with Crippen molar-refractivity contribution in [2.24, 2.45) is 0 Å². The molecule has 21 heavy (non-hydrogen) atoms. The molecule has 0 aliphatic rings. The summed E-state index contributed by atoms with van der Waals surface area (Å²) in [6.45, 7) is 0.108. The Morgan fingerprint density at radius 2 is 2.14 bits per heavy atom. The number of methoxy groups -OCH3 is 1. The van der Waals surface area contributed by atoms with Gasteiger partial charge in [0.2, 0.25) is 10.0 Å². The first-order valence-electron chi connectivity index (χ1n) is 6.05. The summed E-state index contributed by atoms with van der Waals surface area (Å²) in [5.41, 5.74) is -0.334. The zero-order chi connectivity index (χ0) is 16.0. The zero-order valence-corrected chi connectivity index (χ0v) is 12.5. The van der Waals surface area contributed by atoms with Gasteiger partial charge in [-0.05, 0) is 24.6 Å². The van der Waals surface area contributed by atoms with E-state index in [1.54, 1.807) is 6.07 Å². The third kappa shape index (κ3) is 4.24. The summed E-state index contributed by atoms with van der Waals surface area (Å²) in [6.07, 6.45) is 0.401. The number of nitrogens with zero attached hydrogens (tertiary/aromatic N) is 2. The van der Waals surface area contributed by atoms with Crippen LogP contribution in [0.15, 0.2) is 23.1 Å². The predicted molar refractivity (Wildman–Crippen MR) is 72.2 cm³/mol. The Morgan fingerprint density at radius 3 is 2.71 bits per heavy atom. The number of carbonyl (C=O) groups excluding carboxylic acids is 1. The van der Waals surface area contributed by atoms with E-state index in [0.29, 0.717) is 6.42 Å². The Labute approximate surface area is 122 Å². The van der Waals surface area contributed by atoms with Gasteiger partial charge in [0, 0.05) is 20.0 Å². The van der Waals surface area contributed by atoms with Crippen LogP contribution in [0.2, 0.25) is 0 Å². The molecule has 0 heterocycles. The van der Waals surface area contributed by atoms with Crippen molar-refractivity contribution in [2.45, 2.75) is 17.7 Å². The highest BCUT2D eigenvalue weighted by atomic mass is 32.2. The quantitative estimate of drug-likeness (QED) is 0.738. The predicted octanol–water partition coefficient (Wildman–Crippen LogP) is 1.27. The molecule has 0 aromatic heterocycles. The van der Waals surface area contributed by atoms with Gasteiger partial charge in [0.1, 0.15) is 11.9 Å². The van der Waals surface area contributed by atoms with Crippen LogP contribution in [0.5, 0.6) is 0 Å². The Bertz CT molecular complexity index is 667. The fourth-order valence-corrected chi connectivity index (χ4v) is 2.83. The molecule has 1 aromatic rings. The van der Waals surface area contributed by atoms with E-state index < -0.39 is 21.8 Å². The number of nitriles is 1. The Hall–Kier alpha value is -1.98. The third-order valence-electron chi connectivity index (χ3n) is 2.85. The highest BCUT2D eigenvalue weighted by Crippen LogP contribution is 2.18. The maximum atomic E-state index is 13.2. The number of benzene rings is 1. The maximum absolute atomic E-state index is 13.2. The van der Waals surface area contributed by atoms with E-state index in [1.165, 1.54) is 14.2 Å². The topological polar surface area (TPSA) is 87.5 Å². The highest BCUT2D eigenvalue weighted by Gasteiger charge is 2.22. The molecule has 0 saturated carbocycles. The summed E-state index contributed by atoms with van der Waals surface area (Å²) in [5.74, 6) is -1.20. The summed E-state index contributed by atoms with van der Waals surface area (Å²) < 4.78 is 43.2. The fourth-order valence-electron chi connectivity index (χ4n) is 1.60. The second-order valence-electron chi connectivity index (χ2n) is 4.26. The van der Waals surface area contributed by atoms with Gasteiger partial charge in [-0.3, -0.25) is 4.79 Å². The van der Waals surface area contributed by atoms with Gasteiger partial charge in [-0.15, -0.1) is 0 Å². The van der Waals surface area contributed by atoms with Gasteiger partial charge in [-0.2, -0.15) is 5.26 Å². The summed E-state index contributed by atoms with van der Waals surface area (Å²) >= 11 is 0. The molecule has 0 saturated heterocycles. The molecule has 0 spiro atoms. The normalized spacial score (nSPS) is 11.2. The molecule has 6 nitrogen and oxygen atoms in total. The summed E-state index contributed by atoms with van der Waals surface area (Å²) in [4.78, 5) is 10.8. The largest absolute Gasteiger partial charge is 0.469 e. The lowest BCUT2D eigenvalue weighted by atomic mass is 10.2. The van der Waals surface area contributed by atoms with Crippen LogP contribution in [0.25, 0.3) is 0 Å². The van der Waals surface area contributed by atoms with Crippen LogP contribution >= 0.6 is 0 Å².